The fourth-order valence-corrected chi connectivity index (χ4v) is 1.46. The third-order valence-corrected chi connectivity index (χ3v) is 2.31. The van der Waals surface area contributed by atoms with E-state index in [-0.39, 0.29) is 95.2 Å². The van der Waals surface area contributed by atoms with E-state index in [2.05, 4.69) is 0 Å². The van der Waals surface area contributed by atoms with E-state index in [0.29, 0.717) is 4.90 Å². The van der Waals surface area contributed by atoms with Crippen molar-refractivity contribution >= 4 is 23.9 Å². The van der Waals surface area contributed by atoms with Gasteiger partial charge in [0.2, 0.25) is 6.23 Å². The summed E-state index contributed by atoms with van der Waals surface area (Å²) in [5, 5.41) is 49.2. The van der Waals surface area contributed by atoms with Crippen LogP contribution in [-0.2, 0) is 19.2 Å². The van der Waals surface area contributed by atoms with Crippen LogP contribution in [0.5, 0.6) is 0 Å². The molecule has 2 N–H and O–H groups in total. The first-order valence-corrected chi connectivity index (χ1v) is 5.60. The number of aliphatic carboxylic acids is 4. The standard InChI is InChI=1S/C10H16N2O9.3Na/c13-6(14)3-11(4-7(15)16)1-2-12(5-8(17)18)9(19)10(20)21;;;/h9,19H,1-5H2,(H,13,14)(H,15,16)(H,17,18)(H,20,21);;;/q;3*+1/p-3. The molecule has 0 saturated heterocycles. The van der Waals surface area contributed by atoms with Gasteiger partial charge in [0.15, 0.2) is 0 Å². The number of carboxylic acids is 4. The third kappa shape index (κ3) is 16.2. The molecule has 0 aromatic rings. The maximum absolute atomic E-state index is 10.6. The third-order valence-electron chi connectivity index (χ3n) is 2.31. The van der Waals surface area contributed by atoms with Crippen LogP contribution < -0.4 is 104 Å². The number of rotatable bonds is 11. The molecule has 1 atom stereocenters. The van der Waals surface area contributed by atoms with Gasteiger partial charge in [-0.1, -0.05) is 0 Å². The molecule has 0 aromatic heterocycles. The largest absolute Gasteiger partial charge is 1.00 e. The maximum atomic E-state index is 10.6. The first kappa shape index (κ1) is 32.4. The molecule has 120 valence electrons. The van der Waals surface area contributed by atoms with Crippen molar-refractivity contribution in [3.63, 3.8) is 0 Å². The second-order valence-corrected chi connectivity index (χ2v) is 4.01. The Morgan fingerprint density at radius 2 is 1.17 bits per heavy atom. The quantitative estimate of drug-likeness (QED) is 0.258. The summed E-state index contributed by atoms with van der Waals surface area (Å²) >= 11 is 0. The Labute approximate surface area is 203 Å². The topological polar surface area (TPSA) is 184 Å². The summed E-state index contributed by atoms with van der Waals surface area (Å²) in [6.45, 7) is -3.27. The molecule has 0 radical (unpaired) electrons. The molecule has 0 aliphatic carbocycles. The molecule has 1 unspecified atom stereocenters. The molecule has 0 amide bonds. The van der Waals surface area contributed by atoms with Crippen LogP contribution in [0.15, 0.2) is 0 Å². The van der Waals surface area contributed by atoms with Crippen LogP contribution in [0.4, 0.5) is 0 Å². The number of hydrogen-bond donors (Lipinski definition) is 2. The minimum Gasteiger partial charge on any atom is -0.549 e. The van der Waals surface area contributed by atoms with Crippen LogP contribution >= 0.6 is 0 Å². The summed E-state index contributed by atoms with van der Waals surface area (Å²) in [5.41, 5.74) is 0. The van der Waals surface area contributed by atoms with Crippen LogP contribution in [0.1, 0.15) is 0 Å². The van der Waals surface area contributed by atoms with E-state index >= 15 is 0 Å². The number of carboxylic acid groups (broad SMARTS) is 4. The fourth-order valence-electron chi connectivity index (χ4n) is 1.46. The number of carbonyl (C=O) groups excluding carboxylic acids is 3. The molecule has 0 aliphatic rings. The van der Waals surface area contributed by atoms with Gasteiger partial charge in [-0.2, -0.15) is 0 Å². The van der Waals surface area contributed by atoms with E-state index in [1.807, 2.05) is 0 Å². The summed E-state index contributed by atoms with van der Waals surface area (Å²) in [5.74, 6) is -6.55. The Kier molecular flexibility index (Phi) is 23.2. The van der Waals surface area contributed by atoms with Crippen LogP contribution in [0.3, 0.4) is 0 Å². The minimum absolute atomic E-state index is 0. The van der Waals surface area contributed by atoms with Gasteiger partial charge in [0.05, 0.1) is 17.9 Å². The smallest absolute Gasteiger partial charge is 0.549 e. The zero-order valence-corrected chi connectivity index (χ0v) is 19.8. The van der Waals surface area contributed by atoms with Crippen molar-refractivity contribution in [2.24, 2.45) is 0 Å². The number of nitrogens with zero attached hydrogens (tertiary/aromatic N) is 2. The van der Waals surface area contributed by atoms with Gasteiger partial charge in [-0.25, -0.2) is 4.79 Å². The first-order valence-electron chi connectivity index (χ1n) is 5.60. The van der Waals surface area contributed by atoms with Crippen molar-refractivity contribution in [3.8, 4) is 0 Å². The van der Waals surface area contributed by atoms with E-state index in [1.165, 1.54) is 0 Å². The Balaban J connectivity index is -0.000000667. The zero-order valence-electron chi connectivity index (χ0n) is 13.8. The van der Waals surface area contributed by atoms with Gasteiger partial charge in [-0.15, -0.1) is 0 Å². The second-order valence-electron chi connectivity index (χ2n) is 4.01. The minimum atomic E-state index is -2.16. The van der Waals surface area contributed by atoms with Crippen LogP contribution in [0.2, 0.25) is 0 Å². The Morgan fingerprint density at radius 3 is 1.46 bits per heavy atom. The molecule has 0 aromatic carbocycles. The molecule has 14 heteroatoms. The second kappa shape index (κ2) is 17.2. The van der Waals surface area contributed by atoms with Gasteiger partial charge in [-0.05, 0) is 0 Å². The van der Waals surface area contributed by atoms with Crippen molar-refractivity contribution in [2.45, 2.75) is 6.23 Å². The van der Waals surface area contributed by atoms with Gasteiger partial charge in [0.25, 0.3) is 0 Å². The van der Waals surface area contributed by atoms with Crippen LogP contribution in [0, 0.1) is 0 Å². The molecule has 11 nitrogen and oxygen atoms in total. The van der Waals surface area contributed by atoms with E-state index < -0.39 is 56.3 Å². The molecule has 0 rings (SSSR count). The molecule has 0 saturated carbocycles. The Bertz CT molecular complexity index is 408. The average Bonchev–Trinajstić information content (AvgIpc) is 2.31. The fraction of sp³-hybridized carbons (Fsp3) is 0.600. The molecular formula is C10H13N2Na3O9. The maximum Gasteiger partial charge on any atom is 1.00 e. The molecular weight excluding hydrogens is 361 g/mol. The molecule has 0 spiro atoms. The predicted octanol–water partition coefficient (Wildman–Crippen LogP) is -15.7. The Morgan fingerprint density at radius 1 is 0.792 bits per heavy atom. The van der Waals surface area contributed by atoms with Crippen molar-refractivity contribution in [1.82, 2.24) is 9.80 Å². The van der Waals surface area contributed by atoms with Gasteiger partial charge in [-0.3, -0.25) is 9.80 Å². The zero-order chi connectivity index (χ0) is 16.6. The predicted molar refractivity (Wildman–Crippen MR) is 56.7 cm³/mol. The SMILES string of the molecule is O=C([O-])CN(CCN(CC(=O)[O-])C(O)C(=O)O)CC(=O)[O-].[Na+].[Na+].[Na+]. The van der Waals surface area contributed by atoms with E-state index in [9.17, 15) is 39.6 Å². The van der Waals surface area contributed by atoms with Crippen LogP contribution in [-0.4, -0.2) is 82.8 Å². The molecule has 0 aliphatic heterocycles. The summed E-state index contributed by atoms with van der Waals surface area (Å²) in [4.78, 5) is 43.3. The van der Waals surface area contributed by atoms with Gasteiger partial charge in [0, 0.05) is 32.7 Å². The van der Waals surface area contributed by atoms with E-state index in [4.69, 9.17) is 5.11 Å². The summed E-state index contributed by atoms with van der Waals surface area (Å²) < 4.78 is 0. The van der Waals surface area contributed by atoms with Crippen LogP contribution in [0.25, 0.3) is 0 Å². The van der Waals surface area contributed by atoms with Crippen molar-refractivity contribution in [3.05, 3.63) is 0 Å². The van der Waals surface area contributed by atoms with Crippen molar-refractivity contribution in [2.75, 3.05) is 32.7 Å². The number of aliphatic hydroxyl groups excluding tert-OH is 1. The number of carbonyl (C=O) groups is 4. The summed E-state index contributed by atoms with van der Waals surface area (Å²) in [6.07, 6.45) is -2.16. The molecule has 24 heavy (non-hydrogen) atoms. The van der Waals surface area contributed by atoms with Gasteiger partial charge in [0.1, 0.15) is 0 Å². The monoisotopic (exact) mass is 374 g/mol. The summed E-state index contributed by atoms with van der Waals surface area (Å²) in [7, 11) is 0. The Hall–Kier alpha value is 0.760. The van der Waals surface area contributed by atoms with Gasteiger partial charge < -0.3 is 39.9 Å². The normalized spacial score (nSPS) is 10.8. The molecule has 0 fully saturated rings. The van der Waals surface area contributed by atoms with Gasteiger partial charge >= 0.3 is 94.6 Å². The average molecular weight is 374 g/mol. The summed E-state index contributed by atoms with van der Waals surface area (Å²) in [6, 6.07) is 0. The number of aliphatic hydroxyl groups is 1. The van der Waals surface area contributed by atoms with Crippen molar-refractivity contribution in [1.29, 1.82) is 0 Å². The molecule has 0 bridgehead atoms. The first-order chi connectivity index (χ1) is 9.63. The van der Waals surface area contributed by atoms with Crippen molar-refractivity contribution < 1.29 is 133 Å². The number of hydrogen-bond acceptors (Lipinski definition) is 10. The van der Waals surface area contributed by atoms with E-state index in [0.717, 1.165) is 4.90 Å². The molecule has 0 heterocycles. The van der Waals surface area contributed by atoms with E-state index in [1.54, 1.807) is 0 Å².